The first-order chi connectivity index (χ1) is 20.6. The van der Waals surface area contributed by atoms with Gasteiger partial charge in [-0.1, -0.05) is 70.6 Å². The summed E-state index contributed by atoms with van der Waals surface area (Å²) in [6.45, 7) is 16.6. The molecule has 0 aromatic carbocycles. The molecule has 5 rings (SSSR count). The lowest BCUT2D eigenvalue weighted by atomic mass is 9.38. The summed E-state index contributed by atoms with van der Waals surface area (Å²) in [6.07, 6.45) is 5.25. The molecule has 1 saturated heterocycles. The molecule has 0 amide bonds. The molecule has 5 aliphatic rings. The molecule has 8 heteroatoms. The first-order valence-corrected chi connectivity index (χ1v) is 16.7. The maximum atomic E-state index is 13.7. The highest BCUT2D eigenvalue weighted by Crippen LogP contribution is 2.75. The van der Waals surface area contributed by atoms with Gasteiger partial charge in [-0.15, -0.1) is 0 Å². The van der Waals surface area contributed by atoms with Gasteiger partial charge in [-0.2, -0.15) is 0 Å². The van der Waals surface area contributed by atoms with E-state index in [4.69, 9.17) is 9.47 Å². The number of fused-ring (bicyclic) bond motifs is 5. The summed E-state index contributed by atoms with van der Waals surface area (Å²) in [6, 6.07) is 0. The first-order valence-electron chi connectivity index (χ1n) is 16.7. The van der Waals surface area contributed by atoms with Crippen molar-refractivity contribution < 1.29 is 39.8 Å². The SMILES string of the molecule is C=C(C)C=CCC(C)C1CCC2(C)C3C(OC4OC(CO)C(O)C(O)C4O)C=C4C(CCC(O)C4(C)C)C3(C=O)CCC12C. The van der Waals surface area contributed by atoms with E-state index >= 15 is 0 Å². The second-order valence-electron chi connectivity index (χ2n) is 15.9. The lowest BCUT2D eigenvalue weighted by molar-refractivity contribution is -0.321. The van der Waals surface area contributed by atoms with Crippen molar-refractivity contribution >= 4 is 6.29 Å². The molecule has 3 saturated carbocycles. The molecule has 14 atom stereocenters. The second-order valence-corrected chi connectivity index (χ2v) is 15.9. The van der Waals surface area contributed by atoms with Gasteiger partial charge in [-0.05, 0) is 80.5 Å². The Hall–Kier alpha value is -1.39. The minimum atomic E-state index is -1.56. The largest absolute Gasteiger partial charge is 0.394 e. The summed E-state index contributed by atoms with van der Waals surface area (Å²) < 4.78 is 12.5. The highest BCUT2D eigenvalue weighted by molar-refractivity contribution is 5.65. The van der Waals surface area contributed by atoms with Crippen LogP contribution in [0.1, 0.15) is 86.5 Å². The minimum Gasteiger partial charge on any atom is -0.394 e. The number of aliphatic hydroxyl groups excluding tert-OH is 5. The highest BCUT2D eigenvalue weighted by Gasteiger charge is 2.71. The molecule has 0 aromatic heterocycles. The van der Waals surface area contributed by atoms with Gasteiger partial charge in [-0.25, -0.2) is 0 Å². The fourth-order valence-electron chi connectivity index (χ4n) is 10.6. The van der Waals surface area contributed by atoms with Crippen molar-refractivity contribution in [3.8, 4) is 0 Å². The van der Waals surface area contributed by atoms with E-state index in [1.807, 2.05) is 20.8 Å². The maximum Gasteiger partial charge on any atom is 0.187 e. The van der Waals surface area contributed by atoms with Gasteiger partial charge in [0.1, 0.15) is 30.7 Å². The van der Waals surface area contributed by atoms with Crippen LogP contribution in [0.3, 0.4) is 0 Å². The van der Waals surface area contributed by atoms with E-state index in [0.29, 0.717) is 24.7 Å². The number of carbonyl (C=O) groups is 1. The quantitative estimate of drug-likeness (QED) is 0.156. The summed E-state index contributed by atoms with van der Waals surface area (Å²) in [5.41, 5.74) is 0.370. The van der Waals surface area contributed by atoms with Crippen LogP contribution in [0.2, 0.25) is 0 Å². The fraction of sp³-hybridized carbons (Fsp3) is 0.806. The third kappa shape index (κ3) is 5.02. The number of aldehydes is 1. The molecular weight excluding hydrogens is 560 g/mol. The van der Waals surface area contributed by atoms with Gasteiger partial charge in [0.2, 0.25) is 0 Å². The van der Waals surface area contributed by atoms with Gasteiger partial charge in [0.25, 0.3) is 0 Å². The Morgan fingerprint density at radius 3 is 2.39 bits per heavy atom. The van der Waals surface area contributed by atoms with E-state index in [9.17, 15) is 30.3 Å². The van der Waals surface area contributed by atoms with Gasteiger partial charge in [0, 0.05) is 16.7 Å². The average Bonchev–Trinajstić information content (AvgIpc) is 3.25. The summed E-state index contributed by atoms with van der Waals surface area (Å²) >= 11 is 0. The number of aliphatic hydroxyl groups is 5. The molecule has 0 spiro atoms. The van der Waals surface area contributed by atoms with Gasteiger partial charge in [0.15, 0.2) is 6.29 Å². The molecule has 44 heavy (non-hydrogen) atoms. The molecule has 4 aliphatic carbocycles. The minimum absolute atomic E-state index is 0.0330. The van der Waals surface area contributed by atoms with E-state index in [2.05, 4.69) is 45.6 Å². The molecule has 0 radical (unpaired) electrons. The van der Waals surface area contributed by atoms with Crippen LogP contribution in [0.5, 0.6) is 0 Å². The molecule has 4 fully saturated rings. The third-order valence-electron chi connectivity index (χ3n) is 13.4. The molecule has 248 valence electrons. The zero-order chi connectivity index (χ0) is 32.4. The summed E-state index contributed by atoms with van der Waals surface area (Å²) in [4.78, 5) is 13.7. The molecule has 5 N–H and O–H groups in total. The monoisotopic (exact) mass is 616 g/mol. The highest BCUT2D eigenvalue weighted by atomic mass is 16.7. The third-order valence-corrected chi connectivity index (χ3v) is 13.4. The number of rotatable bonds is 8. The van der Waals surface area contributed by atoms with Crippen LogP contribution in [0.4, 0.5) is 0 Å². The number of hydrogen-bond acceptors (Lipinski definition) is 8. The Balaban J connectivity index is 1.60. The Morgan fingerprint density at radius 1 is 1.05 bits per heavy atom. The molecule has 1 aliphatic heterocycles. The van der Waals surface area contributed by atoms with Crippen LogP contribution in [0.25, 0.3) is 0 Å². The fourth-order valence-corrected chi connectivity index (χ4v) is 10.6. The van der Waals surface area contributed by atoms with Crippen molar-refractivity contribution in [2.45, 2.75) is 129 Å². The number of carbonyl (C=O) groups excluding carboxylic acids is 1. The predicted molar refractivity (Wildman–Crippen MR) is 167 cm³/mol. The Bertz CT molecular complexity index is 1160. The number of ether oxygens (including phenoxy) is 2. The van der Waals surface area contributed by atoms with E-state index in [-0.39, 0.29) is 22.7 Å². The zero-order valence-corrected chi connectivity index (χ0v) is 27.5. The van der Waals surface area contributed by atoms with Crippen LogP contribution >= 0.6 is 0 Å². The van der Waals surface area contributed by atoms with E-state index in [1.165, 1.54) is 6.29 Å². The number of hydrogen-bond donors (Lipinski definition) is 5. The first kappa shape index (κ1) is 34.0. The summed E-state index contributed by atoms with van der Waals surface area (Å²) in [5.74, 6) is 0.607. The molecular formula is C36H56O8. The van der Waals surface area contributed by atoms with Crippen molar-refractivity contribution in [3.05, 3.63) is 36.0 Å². The van der Waals surface area contributed by atoms with Crippen molar-refractivity contribution in [2.75, 3.05) is 6.61 Å². The van der Waals surface area contributed by atoms with Gasteiger partial charge >= 0.3 is 0 Å². The average molecular weight is 617 g/mol. The van der Waals surface area contributed by atoms with Crippen LogP contribution < -0.4 is 0 Å². The predicted octanol–water partition coefficient (Wildman–Crippen LogP) is 4.09. The van der Waals surface area contributed by atoms with Crippen molar-refractivity contribution in [1.29, 1.82) is 0 Å². The molecule has 0 aromatic rings. The topological polar surface area (TPSA) is 137 Å². The van der Waals surface area contributed by atoms with E-state index in [0.717, 1.165) is 43.3 Å². The van der Waals surface area contributed by atoms with Gasteiger partial charge in [0.05, 0.1) is 18.8 Å². The Labute approximate surface area is 263 Å². The maximum absolute atomic E-state index is 13.7. The molecule has 8 nitrogen and oxygen atoms in total. The van der Waals surface area contributed by atoms with Crippen molar-refractivity contribution in [1.82, 2.24) is 0 Å². The zero-order valence-electron chi connectivity index (χ0n) is 27.5. The normalized spacial score (nSPS) is 49.0. The van der Waals surface area contributed by atoms with E-state index < -0.39 is 60.4 Å². The standard InChI is InChI=1S/C36H56O8/c1-20(2)9-8-10-21(3)22-13-14-35(7)31-25(43-32-30(42)29(41)28(40)26(18-37)44-32)17-24-23(11-12-27(39)33(24,4)5)36(31,19-38)16-15-34(22,35)6/h8-9,17,19,21-23,25-32,37,39-42H,1,10-16,18H2,2-7H3. The smallest absolute Gasteiger partial charge is 0.187 e. The second kappa shape index (κ2) is 12.0. The lowest BCUT2D eigenvalue weighted by Crippen LogP contribution is -2.66. The van der Waals surface area contributed by atoms with Crippen LogP contribution in [-0.4, -0.2) is 81.3 Å². The van der Waals surface area contributed by atoms with Crippen LogP contribution in [-0.2, 0) is 14.3 Å². The Morgan fingerprint density at radius 2 is 1.75 bits per heavy atom. The van der Waals surface area contributed by atoms with Crippen molar-refractivity contribution in [3.63, 3.8) is 0 Å². The number of allylic oxidation sites excluding steroid dienone is 3. The van der Waals surface area contributed by atoms with Crippen LogP contribution in [0, 0.1) is 45.3 Å². The Kier molecular flexibility index (Phi) is 9.26. The molecule has 1 heterocycles. The molecule has 0 bridgehead atoms. The van der Waals surface area contributed by atoms with Crippen LogP contribution in [0.15, 0.2) is 36.0 Å². The molecule has 14 unspecified atom stereocenters. The van der Waals surface area contributed by atoms with Gasteiger partial charge in [-0.3, -0.25) is 0 Å². The summed E-state index contributed by atoms with van der Waals surface area (Å²) in [7, 11) is 0. The lowest BCUT2D eigenvalue weighted by Gasteiger charge is -2.66. The van der Waals surface area contributed by atoms with E-state index in [1.54, 1.807) is 0 Å². The van der Waals surface area contributed by atoms with Crippen molar-refractivity contribution in [2.24, 2.45) is 45.3 Å². The van der Waals surface area contributed by atoms with Gasteiger partial charge < -0.3 is 39.8 Å². The summed E-state index contributed by atoms with van der Waals surface area (Å²) in [5, 5.41) is 53.0.